The van der Waals surface area contributed by atoms with E-state index in [1.807, 2.05) is 11.8 Å². The molecule has 4 nitrogen and oxygen atoms in total. The van der Waals surface area contributed by atoms with Crippen molar-refractivity contribution in [2.75, 3.05) is 26.0 Å². The fraction of sp³-hybridized carbons (Fsp3) is 0.909. The van der Waals surface area contributed by atoms with Crippen molar-refractivity contribution >= 4 is 17.7 Å². The summed E-state index contributed by atoms with van der Waals surface area (Å²) >= 11 is 1.97. The second-order valence-corrected chi connectivity index (χ2v) is 5.79. The third-order valence-corrected chi connectivity index (χ3v) is 4.14. The van der Waals surface area contributed by atoms with E-state index in [9.17, 15) is 9.90 Å². The van der Waals surface area contributed by atoms with E-state index >= 15 is 0 Å². The fourth-order valence-corrected chi connectivity index (χ4v) is 3.01. The zero-order valence-corrected chi connectivity index (χ0v) is 10.8. The van der Waals surface area contributed by atoms with Gasteiger partial charge in [0.15, 0.2) is 5.60 Å². The third kappa shape index (κ3) is 4.31. The second-order valence-electron chi connectivity index (χ2n) is 4.38. The maximum absolute atomic E-state index is 11.2. The molecule has 0 spiro atoms. The first-order valence-electron chi connectivity index (χ1n) is 5.69. The highest BCUT2D eigenvalue weighted by Gasteiger charge is 2.31. The number of aliphatic hydroxyl groups is 1. The summed E-state index contributed by atoms with van der Waals surface area (Å²) in [5.41, 5.74) is -1.42. The standard InChI is InChI=1S/C11H21NO3S/c1-11(14,10(13)15-2)8-12-7-9-5-3-4-6-16-9/h9,12,14H,3-8H2,1-2H3. The Hall–Kier alpha value is -0.260. The lowest BCUT2D eigenvalue weighted by atomic mass is 10.1. The summed E-state index contributed by atoms with van der Waals surface area (Å²) in [4.78, 5) is 11.2. The number of nitrogens with one attached hydrogen (secondary N) is 1. The Morgan fingerprint density at radius 1 is 1.62 bits per heavy atom. The number of carbonyl (C=O) groups is 1. The molecule has 0 saturated carbocycles. The number of thioether (sulfide) groups is 1. The Labute approximate surface area is 101 Å². The van der Waals surface area contributed by atoms with Crippen molar-refractivity contribution < 1.29 is 14.6 Å². The Balaban J connectivity index is 2.20. The van der Waals surface area contributed by atoms with Crippen LogP contribution < -0.4 is 5.32 Å². The van der Waals surface area contributed by atoms with E-state index in [2.05, 4.69) is 10.1 Å². The molecule has 1 heterocycles. The maximum Gasteiger partial charge on any atom is 0.338 e. The predicted molar refractivity (Wildman–Crippen MR) is 65.6 cm³/mol. The number of hydrogen-bond donors (Lipinski definition) is 2. The van der Waals surface area contributed by atoms with Gasteiger partial charge in [0, 0.05) is 18.3 Å². The quantitative estimate of drug-likeness (QED) is 0.703. The molecular formula is C11H21NO3S. The van der Waals surface area contributed by atoms with Crippen LogP contribution in [0.3, 0.4) is 0 Å². The normalized spacial score (nSPS) is 24.8. The first-order valence-corrected chi connectivity index (χ1v) is 6.74. The van der Waals surface area contributed by atoms with Gasteiger partial charge in [0.05, 0.1) is 7.11 Å². The van der Waals surface area contributed by atoms with Crippen molar-refractivity contribution in [2.45, 2.75) is 37.0 Å². The molecule has 0 aromatic carbocycles. The Morgan fingerprint density at radius 2 is 2.38 bits per heavy atom. The number of carbonyl (C=O) groups excluding carboxylic acids is 1. The molecule has 0 aliphatic carbocycles. The van der Waals surface area contributed by atoms with Crippen LogP contribution in [0.2, 0.25) is 0 Å². The topological polar surface area (TPSA) is 58.6 Å². The summed E-state index contributed by atoms with van der Waals surface area (Å²) in [6.45, 7) is 2.56. The molecule has 1 fully saturated rings. The Kier molecular flexibility index (Phi) is 5.58. The molecule has 0 aromatic rings. The SMILES string of the molecule is COC(=O)C(C)(O)CNCC1CCCCS1. The highest BCUT2D eigenvalue weighted by atomic mass is 32.2. The zero-order valence-electron chi connectivity index (χ0n) is 9.99. The van der Waals surface area contributed by atoms with Crippen molar-refractivity contribution in [3.63, 3.8) is 0 Å². The lowest BCUT2D eigenvalue weighted by molar-refractivity contribution is -0.159. The number of methoxy groups -OCH3 is 1. The number of rotatable bonds is 5. The molecule has 1 aliphatic heterocycles. The molecule has 5 heteroatoms. The molecule has 1 aliphatic rings. The molecule has 0 amide bonds. The number of ether oxygens (including phenoxy) is 1. The van der Waals surface area contributed by atoms with Crippen LogP contribution in [0.5, 0.6) is 0 Å². The van der Waals surface area contributed by atoms with Gasteiger partial charge in [0.25, 0.3) is 0 Å². The monoisotopic (exact) mass is 247 g/mol. The lowest BCUT2D eigenvalue weighted by Gasteiger charge is -2.25. The zero-order chi connectivity index (χ0) is 12.0. The van der Waals surface area contributed by atoms with Gasteiger partial charge < -0.3 is 15.2 Å². The van der Waals surface area contributed by atoms with Crippen molar-refractivity contribution in [3.8, 4) is 0 Å². The summed E-state index contributed by atoms with van der Waals surface area (Å²) in [7, 11) is 1.29. The number of hydrogen-bond acceptors (Lipinski definition) is 5. The average molecular weight is 247 g/mol. The molecule has 0 aromatic heterocycles. The van der Waals surface area contributed by atoms with Crippen LogP contribution in [0.4, 0.5) is 0 Å². The van der Waals surface area contributed by atoms with E-state index in [1.54, 1.807) is 0 Å². The van der Waals surface area contributed by atoms with Crippen molar-refractivity contribution in [1.29, 1.82) is 0 Å². The molecule has 2 atom stereocenters. The minimum Gasteiger partial charge on any atom is -0.467 e. The first-order chi connectivity index (χ1) is 7.56. The molecule has 2 N–H and O–H groups in total. The van der Waals surface area contributed by atoms with Gasteiger partial charge in [-0.2, -0.15) is 11.8 Å². The van der Waals surface area contributed by atoms with Gasteiger partial charge in [-0.3, -0.25) is 0 Å². The van der Waals surface area contributed by atoms with Crippen LogP contribution in [0.25, 0.3) is 0 Å². The Bertz CT molecular complexity index is 227. The fourth-order valence-electron chi connectivity index (χ4n) is 1.74. The van der Waals surface area contributed by atoms with Crippen LogP contribution in [0.1, 0.15) is 26.2 Å². The molecule has 1 saturated heterocycles. The van der Waals surface area contributed by atoms with E-state index < -0.39 is 11.6 Å². The largest absolute Gasteiger partial charge is 0.467 e. The summed E-state index contributed by atoms with van der Waals surface area (Å²) in [6.07, 6.45) is 3.81. The van der Waals surface area contributed by atoms with Crippen LogP contribution in [0.15, 0.2) is 0 Å². The molecule has 2 unspecified atom stereocenters. The van der Waals surface area contributed by atoms with Crippen LogP contribution in [0, 0.1) is 0 Å². The van der Waals surface area contributed by atoms with Gasteiger partial charge in [-0.1, -0.05) is 6.42 Å². The summed E-state index contributed by atoms with van der Waals surface area (Å²) < 4.78 is 4.52. The highest BCUT2D eigenvalue weighted by Crippen LogP contribution is 2.24. The van der Waals surface area contributed by atoms with Crippen LogP contribution in [-0.4, -0.2) is 47.9 Å². The van der Waals surface area contributed by atoms with Crippen molar-refractivity contribution in [1.82, 2.24) is 5.32 Å². The van der Waals surface area contributed by atoms with Crippen molar-refractivity contribution in [2.24, 2.45) is 0 Å². The van der Waals surface area contributed by atoms with Crippen molar-refractivity contribution in [3.05, 3.63) is 0 Å². The Morgan fingerprint density at radius 3 is 2.94 bits per heavy atom. The minimum absolute atomic E-state index is 0.247. The van der Waals surface area contributed by atoms with Gasteiger partial charge in [-0.05, 0) is 25.5 Å². The van der Waals surface area contributed by atoms with E-state index in [0.29, 0.717) is 5.25 Å². The van der Waals surface area contributed by atoms with E-state index in [1.165, 1.54) is 39.0 Å². The minimum atomic E-state index is -1.42. The van der Waals surface area contributed by atoms with E-state index in [-0.39, 0.29) is 6.54 Å². The van der Waals surface area contributed by atoms with Crippen LogP contribution >= 0.6 is 11.8 Å². The predicted octanol–water partition coefficient (Wildman–Crippen LogP) is 0.786. The molecule has 16 heavy (non-hydrogen) atoms. The van der Waals surface area contributed by atoms with Gasteiger partial charge >= 0.3 is 5.97 Å². The average Bonchev–Trinajstić information content (AvgIpc) is 2.29. The smallest absolute Gasteiger partial charge is 0.338 e. The summed E-state index contributed by atoms with van der Waals surface area (Å²) in [5, 5.41) is 13.5. The summed E-state index contributed by atoms with van der Waals surface area (Å²) in [6, 6.07) is 0. The molecule has 0 radical (unpaired) electrons. The summed E-state index contributed by atoms with van der Waals surface area (Å²) in [5.74, 6) is 0.635. The molecule has 0 bridgehead atoms. The molecule has 1 rings (SSSR count). The lowest BCUT2D eigenvalue weighted by Crippen LogP contribution is -2.47. The van der Waals surface area contributed by atoms with Gasteiger partial charge in [-0.25, -0.2) is 4.79 Å². The van der Waals surface area contributed by atoms with Crippen LogP contribution in [-0.2, 0) is 9.53 Å². The maximum atomic E-state index is 11.2. The highest BCUT2D eigenvalue weighted by molar-refractivity contribution is 7.99. The first kappa shape index (κ1) is 13.8. The van der Waals surface area contributed by atoms with Gasteiger partial charge in [0.2, 0.25) is 0 Å². The third-order valence-electron chi connectivity index (χ3n) is 2.74. The second kappa shape index (κ2) is 6.47. The van der Waals surface area contributed by atoms with E-state index in [0.717, 1.165) is 6.54 Å². The molecule has 94 valence electrons. The molecular weight excluding hydrogens is 226 g/mol. The van der Waals surface area contributed by atoms with Gasteiger partial charge in [-0.15, -0.1) is 0 Å². The van der Waals surface area contributed by atoms with Gasteiger partial charge in [0.1, 0.15) is 0 Å². The van der Waals surface area contributed by atoms with E-state index in [4.69, 9.17) is 0 Å². The number of esters is 1.